The van der Waals surface area contributed by atoms with Gasteiger partial charge in [0.15, 0.2) is 0 Å². The van der Waals surface area contributed by atoms with Gasteiger partial charge in [-0.2, -0.15) is 0 Å². The molecule has 21 heavy (non-hydrogen) atoms. The molecule has 2 rings (SSSR count). The molecule has 0 saturated carbocycles. The minimum absolute atomic E-state index is 0.854. The van der Waals surface area contributed by atoms with Gasteiger partial charge in [0.25, 0.3) is 0 Å². The summed E-state index contributed by atoms with van der Waals surface area (Å²) in [5.41, 5.74) is 2.51. The lowest BCUT2D eigenvalue weighted by atomic mass is 10.0. The fourth-order valence-electron chi connectivity index (χ4n) is 1.90. The van der Waals surface area contributed by atoms with Crippen LogP contribution in [-0.2, 0) is 6.42 Å². The summed E-state index contributed by atoms with van der Waals surface area (Å²) in [6.07, 6.45) is 7.99. The van der Waals surface area contributed by atoms with Crippen LogP contribution in [0.5, 0.6) is 11.5 Å². The van der Waals surface area contributed by atoms with Crippen LogP contribution < -0.4 is 9.47 Å². The lowest BCUT2D eigenvalue weighted by Gasteiger charge is -2.05. The van der Waals surface area contributed by atoms with E-state index in [0.29, 0.717) is 0 Å². The third-order valence-corrected chi connectivity index (χ3v) is 2.94. The zero-order chi connectivity index (χ0) is 14.9. The largest absolute Gasteiger partial charge is 0.465 e. The van der Waals surface area contributed by atoms with Crippen molar-refractivity contribution >= 4 is 0 Å². The van der Waals surface area contributed by atoms with Crippen LogP contribution >= 0.6 is 0 Å². The minimum atomic E-state index is 0.854. The first-order valence-corrected chi connectivity index (χ1v) is 7.05. The molecule has 0 saturated heterocycles. The molecule has 108 valence electrons. The first kappa shape index (κ1) is 14.9. The van der Waals surface area contributed by atoms with Crippen molar-refractivity contribution in [1.29, 1.82) is 0 Å². The van der Waals surface area contributed by atoms with E-state index in [-0.39, 0.29) is 0 Å². The fraction of sp³-hybridized carbons (Fsp3) is 0.158. The van der Waals surface area contributed by atoms with Gasteiger partial charge in [-0.3, -0.25) is 0 Å². The van der Waals surface area contributed by atoms with Crippen LogP contribution in [0.4, 0.5) is 0 Å². The van der Waals surface area contributed by atoms with Gasteiger partial charge in [-0.05, 0) is 55.7 Å². The first-order valence-electron chi connectivity index (χ1n) is 7.05. The van der Waals surface area contributed by atoms with Gasteiger partial charge < -0.3 is 9.47 Å². The molecule has 0 atom stereocenters. The lowest BCUT2D eigenvalue weighted by molar-refractivity contribution is 0.480. The van der Waals surface area contributed by atoms with Crippen LogP contribution in [0.2, 0.25) is 0 Å². The zero-order valence-electron chi connectivity index (χ0n) is 12.5. The maximum Gasteiger partial charge on any atom is 0.126 e. The Morgan fingerprint density at radius 3 is 1.38 bits per heavy atom. The van der Waals surface area contributed by atoms with Crippen molar-refractivity contribution in [2.45, 2.75) is 20.3 Å². The molecule has 0 radical (unpaired) electrons. The van der Waals surface area contributed by atoms with Gasteiger partial charge in [0.05, 0.1) is 12.5 Å². The monoisotopic (exact) mass is 280 g/mol. The maximum atomic E-state index is 5.41. The van der Waals surface area contributed by atoms with E-state index in [4.69, 9.17) is 9.47 Å². The van der Waals surface area contributed by atoms with Crippen molar-refractivity contribution in [3.63, 3.8) is 0 Å². The smallest absolute Gasteiger partial charge is 0.126 e. The maximum absolute atomic E-state index is 5.41. The second-order valence-corrected chi connectivity index (χ2v) is 4.64. The average molecular weight is 280 g/mol. The molecule has 2 aromatic carbocycles. The van der Waals surface area contributed by atoms with E-state index in [9.17, 15) is 0 Å². The molecule has 0 N–H and O–H groups in total. The number of benzene rings is 2. The van der Waals surface area contributed by atoms with Gasteiger partial charge in [0, 0.05) is 0 Å². The van der Waals surface area contributed by atoms with Gasteiger partial charge in [-0.15, -0.1) is 0 Å². The molecule has 0 amide bonds. The molecule has 2 nitrogen and oxygen atoms in total. The second-order valence-electron chi connectivity index (χ2n) is 4.64. The molecule has 0 aliphatic heterocycles. The van der Waals surface area contributed by atoms with E-state index in [1.165, 1.54) is 11.1 Å². The van der Waals surface area contributed by atoms with Crippen LogP contribution in [0.1, 0.15) is 25.0 Å². The molecule has 0 bridgehead atoms. The van der Waals surface area contributed by atoms with Gasteiger partial charge in [-0.25, -0.2) is 0 Å². The second kappa shape index (κ2) is 7.95. The number of ether oxygens (including phenoxy) is 2. The summed E-state index contributed by atoms with van der Waals surface area (Å²) in [6.45, 7) is 3.86. The van der Waals surface area contributed by atoms with Crippen LogP contribution in [0.25, 0.3) is 0 Å². The summed E-state index contributed by atoms with van der Waals surface area (Å²) in [5, 5.41) is 0. The molecule has 0 unspecified atom stereocenters. The molecule has 2 aromatic rings. The fourth-order valence-corrected chi connectivity index (χ4v) is 1.90. The topological polar surface area (TPSA) is 18.5 Å². The summed E-state index contributed by atoms with van der Waals surface area (Å²) in [6, 6.07) is 16.3. The summed E-state index contributed by atoms with van der Waals surface area (Å²) < 4.78 is 10.8. The number of rotatable bonds is 6. The number of hydrogen-bond acceptors (Lipinski definition) is 2. The van der Waals surface area contributed by atoms with Crippen molar-refractivity contribution < 1.29 is 9.47 Å². The summed E-state index contributed by atoms with van der Waals surface area (Å²) in [4.78, 5) is 0. The highest BCUT2D eigenvalue weighted by molar-refractivity contribution is 5.34. The Balaban J connectivity index is 1.97. The quantitative estimate of drug-likeness (QED) is 0.685. The third-order valence-electron chi connectivity index (χ3n) is 2.94. The number of allylic oxidation sites excluding steroid dienone is 2. The molecule has 0 aliphatic carbocycles. The minimum Gasteiger partial charge on any atom is -0.465 e. The standard InChI is InChI=1S/C19H20O2/c1-3-13-20-18-9-5-16(6-10-18)15-17-7-11-19(12-8-17)21-14-4-2/h3-14H,15H2,1-2H3. The van der Waals surface area contributed by atoms with Gasteiger partial charge >= 0.3 is 0 Å². The highest BCUT2D eigenvalue weighted by Crippen LogP contribution is 2.18. The van der Waals surface area contributed by atoms with Crippen molar-refractivity contribution in [3.8, 4) is 11.5 Å². The Morgan fingerprint density at radius 2 is 1.05 bits per heavy atom. The van der Waals surface area contributed by atoms with Crippen molar-refractivity contribution in [2.75, 3.05) is 0 Å². The number of hydrogen-bond donors (Lipinski definition) is 0. The van der Waals surface area contributed by atoms with E-state index in [2.05, 4.69) is 24.3 Å². The lowest BCUT2D eigenvalue weighted by Crippen LogP contribution is -1.89. The van der Waals surface area contributed by atoms with Crippen LogP contribution in [-0.4, -0.2) is 0 Å². The Bertz CT molecular complexity index is 537. The Labute approximate surface area is 126 Å². The highest BCUT2D eigenvalue weighted by atomic mass is 16.5. The molecule has 0 heterocycles. The van der Waals surface area contributed by atoms with Gasteiger partial charge in [-0.1, -0.05) is 36.4 Å². The van der Waals surface area contributed by atoms with Gasteiger partial charge in [0.2, 0.25) is 0 Å². The van der Waals surface area contributed by atoms with Crippen molar-refractivity contribution in [1.82, 2.24) is 0 Å². The molecular formula is C19H20O2. The molecule has 0 spiro atoms. The molecule has 2 heteroatoms. The Kier molecular flexibility index (Phi) is 5.65. The van der Waals surface area contributed by atoms with Crippen LogP contribution in [0.3, 0.4) is 0 Å². The van der Waals surface area contributed by atoms with E-state index in [0.717, 1.165) is 17.9 Å². The molecule has 0 aliphatic rings. The van der Waals surface area contributed by atoms with E-state index >= 15 is 0 Å². The average Bonchev–Trinajstić information content (AvgIpc) is 2.53. The predicted molar refractivity (Wildman–Crippen MR) is 86.6 cm³/mol. The zero-order valence-corrected chi connectivity index (χ0v) is 12.5. The van der Waals surface area contributed by atoms with Crippen molar-refractivity contribution in [2.24, 2.45) is 0 Å². The van der Waals surface area contributed by atoms with E-state index in [1.54, 1.807) is 12.5 Å². The summed E-state index contributed by atoms with van der Waals surface area (Å²) in [5.74, 6) is 1.71. The normalized spacial score (nSPS) is 11.1. The molecule has 0 aromatic heterocycles. The van der Waals surface area contributed by atoms with Crippen LogP contribution in [0, 0.1) is 0 Å². The molecular weight excluding hydrogens is 260 g/mol. The van der Waals surface area contributed by atoms with Crippen molar-refractivity contribution in [3.05, 3.63) is 84.3 Å². The first-order chi connectivity index (χ1) is 10.3. The highest BCUT2D eigenvalue weighted by Gasteiger charge is 1.98. The van der Waals surface area contributed by atoms with Gasteiger partial charge in [0.1, 0.15) is 11.5 Å². The Morgan fingerprint density at radius 1 is 0.667 bits per heavy atom. The SMILES string of the molecule is CC=COc1ccc(Cc2ccc(OC=CC)cc2)cc1. The predicted octanol–water partition coefficient (Wildman–Crippen LogP) is 5.10. The van der Waals surface area contributed by atoms with Crippen LogP contribution in [0.15, 0.2) is 73.2 Å². The van der Waals surface area contributed by atoms with E-state index in [1.807, 2.05) is 50.3 Å². The summed E-state index contributed by atoms with van der Waals surface area (Å²) in [7, 11) is 0. The summed E-state index contributed by atoms with van der Waals surface area (Å²) >= 11 is 0. The Hall–Kier alpha value is -2.48. The third kappa shape index (κ3) is 4.84. The molecule has 0 fully saturated rings. The van der Waals surface area contributed by atoms with E-state index < -0.39 is 0 Å².